The van der Waals surface area contributed by atoms with Crippen LogP contribution in [0, 0.1) is 5.82 Å². The number of carbonyl (C=O) groups is 1. The molecule has 1 aliphatic rings. The molecule has 0 unspecified atom stereocenters. The predicted molar refractivity (Wildman–Crippen MR) is 120 cm³/mol. The summed E-state index contributed by atoms with van der Waals surface area (Å²) in [5, 5.41) is 4.57. The molecule has 0 radical (unpaired) electrons. The zero-order valence-electron chi connectivity index (χ0n) is 17.7. The van der Waals surface area contributed by atoms with Crippen LogP contribution in [0.3, 0.4) is 0 Å². The van der Waals surface area contributed by atoms with Gasteiger partial charge in [-0.15, -0.1) is 0 Å². The fourth-order valence-corrected chi connectivity index (χ4v) is 5.56. The molecule has 1 fully saturated rings. The molecule has 1 aliphatic carbocycles. The van der Waals surface area contributed by atoms with E-state index in [1.165, 1.54) is 29.1 Å². The Balaban J connectivity index is 1.97. The Bertz CT molecular complexity index is 1210. The Hall–Kier alpha value is -2.74. The number of pyridine rings is 1. The summed E-state index contributed by atoms with van der Waals surface area (Å²) in [5.41, 5.74) is 3.66. The van der Waals surface area contributed by atoms with Gasteiger partial charge in [0.25, 0.3) is 0 Å². The summed E-state index contributed by atoms with van der Waals surface area (Å²) in [6.07, 6.45) is 9.03. The monoisotopic (exact) mass is 443 g/mol. The number of hydrogen-bond donors (Lipinski definition) is 0. The Labute approximate surface area is 181 Å². The first-order valence-corrected chi connectivity index (χ1v) is 12.4. The molecule has 1 aromatic carbocycles. The number of aldehydes is 1. The lowest BCUT2D eigenvalue weighted by Gasteiger charge is -2.29. The molecule has 0 spiro atoms. The third-order valence-corrected chi connectivity index (χ3v) is 7.31. The summed E-state index contributed by atoms with van der Waals surface area (Å²) >= 11 is 0. The average Bonchev–Trinajstić information content (AvgIpc) is 3.11. The second-order valence-electron chi connectivity index (χ2n) is 8.09. The number of anilines is 1. The maximum atomic E-state index is 13.4. The van der Waals surface area contributed by atoms with Crippen molar-refractivity contribution in [2.24, 2.45) is 0 Å². The van der Waals surface area contributed by atoms with Gasteiger partial charge in [-0.1, -0.05) is 19.3 Å². The number of aromatic nitrogens is 2. The first-order chi connectivity index (χ1) is 14.8. The van der Waals surface area contributed by atoms with Crippen molar-refractivity contribution in [3.05, 3.63) is 53.5 Å². The quantitative estimate of drug-likeness (QED) is 0.514. The van der Waals surface area contributed by atoms with E-state index in [0.29, 0.717) is 34.6 Å². The number of rotatable bonds is 6. The first-order valence-electron chi connectivity index (χ1n) is 10.6. The molecule has 0 bridgehead atoms. The van der Waals surface area contributed by atoms with Gasteiger partial charge in [0, 0.05) is 12.1 Å². The highest BCUT2D eigenvalue weighted by Gasteiger charge is 2.27. The van der Waals surface area contributed by atoms with E-state index < -0.39 is 10.0 Å². The minimum absolute atomic E-state index is 0.230. The van der Waals surface area contributed by atoms with Crippen LogP contribution in [-0.4, -0.2) is 37.1 Å². The molecule has 2 aromatic heterocycles. The molecule has 2 heterocycles. The number of halogens is 1. The van der Waals surface area contributed by atoms with Gasteiger partial charge in [0.2, 0.25) is 10.0 Å². The van der Waals surface area contributed by atoms with Gasteiger partial charge in [-0.3, -0.25) is 9.10 Å². The van der Waals surface area contributed by atoms with Crippen LogP contribution in [0.25, 0.3) is 16.8 Å². The minimum Gasteiger partial charge on any atom is -0.298 e. The highest BCUT2D eigenvalue weighted by molar-refractivity contribution is 7.92. The zero-order valence-corrected chi connectivity index (χ0v) is 18.5. The van der Waals surface area contributed by atoms with Gasteiger partial charge in [-0.2, -0.15) is 5.10 Å². The van der Waals surface area contributed by atoms with E-state index in [1.54, 1.807) is 29.8 Å². The highest BCUT2D eigenvalue weighted by atomic mass is 32.2. The average molecular weight is 444 g/mol. The predicted octanol–water partition coefficient (Wildman–Crippen LogP) is 4.79. The smallest absolute Gasteiger partial charge is 0.232 e. The summed E-state index contributed by atoms with van der Waals surface area (Å²) in [6.45, 7) is 2.11. The molecule has 0 aliphatic heterocycles. The number of carbonyl (C=O) groups excluding carboxylic acids is 1. The van der Waals surface area contributed by atoms with Crippen molar-refractivity contribution in [1.82, 2.24) is 9.61 Å². The lowest BCUT2D eigenvalue weighted by atomic mass is 9.83. The van der Waals surface area contributed by atoms with Crippen molar-refractivity contribution in [3.8, 4) is 11.3 Å². The number of hydrogen-bond acceptors (Lipinski definition) is 4. The molecule has 8 heteroatoms. The van der Waals surface area contributed by atoms with E-state index in [4.69, 9.17) is 0 Å². The Kier molecular flexibility index (Phi) is 5.83. The molecule has 1 saturated carbocycles. The number of sulfonamides is 1. The lowest BCUT2D eigenvalue weighted by Crippen LogP contribution is -2.31. The molecule has 0 amide bonds. The molecule has 0 N–H and O–H groups in total. The minimum atomic E-state index is -3.48. The summed E-state index contributed by atoms with van der Waals surface area (Å²) in [6, 6.07) is 7.75. The Morgan fingerprint density at radius 1 is 1.19 bits per heavy atom. The highest BCUT2D eigenvalue weighted by Crippen LogP contribution is 2.40. The van der Waals surface area contributed by atoms with Crippen LogP contribution in [0.15, 0.2) is 36.5 Å². The molecule has 164 valence electrons. The largest absolute Gasteiger partial charge is 0.298 e. The standard InChI is InChI=1S/C23H26FN3O3S/c1-3-27(31(2,29)30)22-14-26-21(13-19(22)16-7-5-4-6-8-16)20(15-28)23(25-26)17-9-11-18(24)12-10-17/h9-16H,3-8H2,1-2H3. The SMILES string of the molecule is CCN(c1cn2nc(-c3ccc(F)cc3)c(C=O)c2cc1C1CCCCC1)S(C)(=O)=O. The third-order valence-electron chi connectivity index (χ3n) is 6.05. The van der Waals surface area contributed by atoms with E-state index in [-0.39, 0.29) is 11.7 Å². The van der Waals surface area contributed by atoms with Crippen molar-refractivity contribution < 1.29 is 17.6 Å². The molecule has 0 atom stereocenters. The van der Waals surface area contributed by atoms with E-state index in [0.717, 1.165) is 37.5 Å². The molecule has 31 heavy (non-hydrogen) atoms. The van der Waals surface area contributed by atoms with Crippen LogP contribution in [-0.2, 0) is 10.0 Å². The second kappa shape index (κ2) is 8.42. The van der Waals surface area contributed by atoms with Crippen LogP contribution < -0.4 is 4.31 Å². The summed E-state index contributed by atoms with van der Waals surface area (Å²) in [7, 11) is -3.48. The summed E-state index contributed by atoms with van der Waals surface area (Å²) < 4.78 is 41.4. The van der Waals surface area contributed by atoms with Gasteiger partial charge in [0.1, 0.15) is 11.5 Å². The number of nitrogens with zero attached hydrogens (tertiary/aromatic N) is 3. The number of fused-ring (bicyclic) bond motifs is 1. The topological polar surface area (TPSA) is 71.8 Å². The van der Waals surface area contributed by atoms with Gasteiger partial charge in [0.05, 0.1) is 29.2 Å². The van der Waals surface area contributed by atoms with E-state index in [1.807, 2.05) is 6.07 Å². The van der Waals surface area contributed by atoms with Crippen molar-refractivity contribution in [3.63, 3.8) is 0 Å². The molecule has 0 saturated heterocycles. The van der Waals surface area contributed by atoms with Crippen LogP contribution >= 0.6 is 0 Å². The molecule has 3 aromatic rings. The van der Waals surface area contributed by atoms with Crippen molar-refractivity contribution in [2.45, 2.75) is 44.9 Å². The van der Waals surface area contributed by atoms with Gasteiger partial charge >= 0.3 is 0 Å². The van der Waals surface area contributed by atoms with Crippen molar-refractivity contribution in [1.29, 1.82) is 0 Å². The van der Waals surface area contributed by atoms with E-state index >= 15 is 0 Å². The zero-order chi connectivity index (χ0) is 22.2. The van der Waals surface area contributed by atoms with Gasteiger partial charge in [-0.05, 0) is 61.6 Å². The van der Waals surface area contributed by atoms with E-state index in [9.17, 15) is 17.6 Å². The number of benzene rings is 1. The van der Waals surface area contributed by atoms with Crippen molar-refractivity contribution in [2.75, 3.05) is 17.1 Å². The molecular weight excluding hydrogens is 417 g/mol. The maximum Gasteiger partial charge on any atom is 0.232 e. The summed E-state index contributed by atoms with van der Waals surface area (Å²) in [5.74, 6) is -0.137. The van der Waals surface area contributed by atoms with Gasteiger partial charge < -0.3 is 0 Å². The van der Waals surface area contributed by atoms with Crippen molar-refractivity contribution >= 4 is 27.5 Å². The van der Waals surface area contributed by atoms with Crippen LogP contribution in [0.4, 0.5) is 10.1 Å². The summed E-state index contributed by atoms with van der Waals surface area (Å²) in [4.78, 5) is 12.0. The van der Waals surface area contributed by atoms with E-state index in [2.05, 4.69) is 5.10 Å². The maximum absolute atomic E-state index is 13.4. The van der Waals surface area contributed by atoms with Crippen LogP contribution in [0.1, 0.15) is 60.9 Å². The first kappa shape index (κ1) is 21.5. The molecular formula is C23H26FN3O3S. The fraction of sp³-hybridized carbons (Fsp3) is 0.391. The third kappa shape index (κ3) is 4.08. The lowest BCUT2D eigenvalue weighted by molar-refractivity contribution is 0.112. The molecule has 6 nitrogen and oxygen atoms in total. The second-order valence-corrected chi connectivity index (χ2v) is 10.0. The van der Waals surface area contributed by atoms with Gasteiger partial charge in [-0.25, -0.2) is 17.3 Å². The Morgan fingerprint density at radius 3 is 2.45 bits per heavy atom. The molecule has 4 rings (SSSR count). The van der Waals surface area contributed by atoms with Gasteiger partial charge in [0.15, 0.2) is 6.29 Å². The fourth-order valence-electron chi connectivity index (χ4n) is 4.58. The Morgan fingerprint density at radius 2 is 1.87 bits per heavy atom. The van der Waals surface area contributed by atoms with Crippen LogP contribution in [0.2, 0.25) is 0 Å². The van der Waals surface area contributed by atoms with Crippen LogP contribution in [0.5, 0.6) is 0 Å². The normalized spacial score (nSPS) is 15.3.